The van der Waals surface area contributed by atoms with Crippen molar-refractivity contribution in [1.29, 1.82) is 0 Å². The summed E-state index contributed by atoms with van der Waals surface area (Å²) >= 11 is 9.33. The van der Waals surface area contributed by atoms with Crippen molar-refractivity contribution < 1.29 is 4.79 Å². The third kappa shape index (κ3) is 4.32. The van der Waals surface area contributed by atoms with Gasteiger partial charge in [0.1, 0.15) is 0 Å². The van der Waals surface area contributed by atoms with E-state index in [0.29, 0.717) is 5.56 Å². The smallest absolute Gasteiger partial charge is 0.252 e. The monoisotopic (exact) mass is 317 g/mol. The number of amides is 1. The Hall–Kier alpha value is -0.540. The molecule has 1 N–H and O–H groups in total. The molecule has 2 nitrogen and oxygen atoms in total. The van der Waals surface area contributed by atoms with E-state index in [-0.39, 0.29) is 17.3 Å². The molecule has 0 radical (unpaired) electrons. The molecule has 1 amide bonds. The van der Waals surface area contributed by atoms with Crippen LogP contribution in [0.25, 0.3) is 0 Å². The molecule has 0 bridgehead atoms. The van der Waals surface area contributed by atoms with Crippen LogP contribution >= 0.6 is 27.5 Å². The van der Waals surface area contributed by atoms with E-state index in [9.17, 15) is 4.79 Å². The molecule has 17 heavy (non-hydrogen) atoms. The second-order valence-corrected chi connectivity index (χ2v) is 5.87. The van der Waals surface area contributed by atoms with Crippen molar-refractivity contribution in [2.75, 3.05) is 0 Å². The van der Waals surface area contributed by atoms with Crippen LogP contribution in [0, 0.1) is 6.92 Å². The van der Waals surface area contributed by atoms with E-state index < -0.39 is 0 Å². The van der Waals surface area contributed by atoms with Crippen LogP contribution in [0.5, 0.6) is 0 Å². The number of carbonyl (C=O) groups is 1. The average Bonchev–Trinajstić information content (AvgIpc) is 2.20. The number of carbonyl (C=O) groups excluding carboxylic acids is 1. The molecule has 0 saturated heterocycles. The molecule has 0 aliphatic carbocycles. The molecule has 0 heterocycles. The van der Waals surface area contributed by atoms with Crippen LogP contribution in [0.2, 0.25) is 0 Å². The molecule has 4 heteroatoms. The normalized spacial score (nSPS) is 14.2. The molecule has 0 aliphatic rings. The number of nitrogens with one attached hydrogen (secondary N) is 1. The fraction of sp³-hybridized carbons (Fsp3) is 0.462. The van der Waals surface area contributed by atoms with Crippen molar-refractivity contribution >= 4 is 33.4 Å². The summed E-state index contributed by atoms with van der Waals surface area (Å²) in [6.07, 6.45) is 0.761. The predicted molar refractivity (Wildman–Crippen MR) is 75.7 cm³/mol. The minimum absolute atomic E-state index is 0.0613. The highest BCUT2D eigenvalue weighted by atomic mass is 79.9. The zero-order valence-corrected chi connectivity index (χ0v) is 12.6. The lowest BCUT2D eigenvalue weighted by molar-refractivity contribution is 0.0937. The fourth-order valence-corrected chi connectivity index (χ4v) is 2.38. The van der Waals surface area contributed by atoms with Crippen LogP contribution in [0.1, 0.15) is 36.2 Å². The first-order chi connectivity index (χ1) is 7.91. The Morgan fingerprint density at radius 3 is 2.71 bits per heavy atom. The van der Waals surface area contributed by atoms with Crippen molar-refractivity contribution in [3.8, 4) is 0 Å². The van der Waals surface area contributed by atoms with Gasteiger partial charge in [0, 0.05) is 15.9 Å². The van der Waals surface area contributed by atoms with Crippen LogP contribution in [0.4, 0.5) is 0 Å². The summed E-state index contributed by atoms with van der Waals surface area (Å²) in [5.41, 5.74) is 1.72. The quantitative estimate of drug-likeness (QED) is 0.838. The highest BCUT2D eigenvalue weighted by Gasteiger charge is 2.14. The zero-order chi connectivity index (χ0) is 13.0. The molecule has 0 spiro atoms. The van der Waals surface area contributed by atoms with E-state index in [1.54, 1.807) is 0 Å². The third-order valence-corrected chi connectivity index (χ3v) is 3.72. The molecular weight excluding hydrogens is 302 g/mol. The highest BCUT2D eigenvalue weighted by molar-refractivity contribution is 9.10. The number of benzene rings is 1. The van der Waals surface area contributed by atoms with Gasteiger partial charge in [-0.1, -0.05) is 12.1 Å². The Morgan fingerprint density at radius 2 is 2.12 bits per heavy atom. The van der Waals surface area contributed by atoms with Gasteiger partial charge in [-0.3, -0.25) is 4.79 Å². The van der Waals surface area contributed by atoms with Gasteiger partial charge in [0.25, 0.3) is 5.91 Å². The summed E-state index contributed by atoms with van der Waals surface area (Å²) in [5.74, 6) is -0.0645. The minimum atomic E-state index is -0.0645. The molecule has 0 saturated carbocycles. The predicted octanol–water partition coefficient (Wildman–Crippen LogP) is 3.89. The van der Waals surface area contributed by atoms with Gasteiger partial charge in [0.2, 0.25) is 0 Å². The Morgan fingerprint density at radius 1 is 1.47 bits per heavy atom. The number of hydrogen-bond acceptors (Lipinski definition) is 1. The molecule has 2 atom stereocenters. The second kappa shape index (κ2) is 6.41. The van der Waals surface area contributed by atoms with E-state index in [2.05, 4.69) is 21.2 Å². The maximum absolute atomic E-state index is 12.0. The van der Waals surface area contributed by atoms with Crippen molar-refractivity contribution in [3.63, 3.8) is 0 Å². The highest BCUT2D eigenvalue weighted by Crippen LogP contribution is 2.21. The lowest BCUT2D eigenvalue weighted by Gasteiger charge is -2.16. The molecule has 1 aromatic rings. The van der Waals surface area contributed by atoms with Crippen LogP contribution in [0.3, 0.4) is 0 Å². The molecule has 1 rings (SSSR count). The standard InChI is InChI=1S/C13H17BrClNO/c1-8-5-4-6-11(12(8)14)13(17)16-10(3)7-9(2)15/h4-6,9-10H,7H2,1-3H3,(H,16,17). The molecule has 94 valence electrons. The third-order valence-electron chi connectivity index (χ3n) is 2.49. The Labute approximate surface area is 116 Å². The van der Waals surface area contributed by atoms with Gasteiger partial charge in [-0.05, 0) is 54.8 Å². The van der Waals surface area contributed by atoms with Crippen LogP contribution in [0.15, 0.2) is 22.7 Å². The summed E-state index contributed by atoms with van der Waals surface area (Å²) in [5, 5.41) is 3.00. The van der Waals surface area contributed by atoms with Gasteiger partial charge in [-0.2, -0.15) is 0 Å². The first-order valence-corrected chi connectivity index (χ1v) is 6.84. The zero-order valence-electron chi connectivity index (χ0n) is 10.3. The first-order valence-electron chi connectivity index (χ1n) is 5.62. The van der Waals surface area contributed by atoms with Crippen molar-refractivity contribution in [1.82, 2.24) is 5.32 Å². The van der Waals surface area contributed by atoms with Crippen molar-refractivity contribution in [3.05, 3.63) is 33.8 Å². The van der Waals surface area contributed by atoms with E-state index in [1.165, 1.54) is 0 Å². The first kappa shape index (κ1) is 14.5. The van der Waals surface area contributed by atoms with Crippen LogP contribution in [-0.4, -0.2) is 17.3 Å². The second-order valence-electron chi connectivity index (χ2n) is 4.33. The molecular formula is C13H17BrClNO. The van der Waals surface area contributed by atoms with E-state index in [0.717, 1.165) is 16.5 Å². The Bertz CT molecular complexity index is 406. The summed E-state index contributed by atoms with van der Waals surface area (Å²) < 4.78 is 0.851. The maximum atomic E-state index is 12.0. The van der Waals surface area contributed by atoms with Crippen molar-refractivity contribution in [2.24, 2.45) is 0 Å². The maximum Gasteiger partial charge on any atom is 0.252 e. The van der Waals surface area contributed by atoms with Gasteiger partial charge < -0.3 is 5.32 Å². The SMILES string of the molecule is Cc1cccc(C(=O)NC(C)CC(C)Cl)c1Br. The summed E-state index contributed by atoms with van der Waals surface area (Å²) in [6.45, 7) is 5.85. The molecule has 1 aromatic carbocycles. The Balaban J connectivity index is 2.73. The molecule has 0 aliphatic heterocycles. The number of halogens is 2. The molecule has 0 fully saturated rings. The lowest BCUT2D eigenvalue weighted by Crippen LogP contribution is -2.34. The van der Waals surface area contributed by atoms with E-state index in [1.807, 2.05) is 39.0 Å². The molecule has 2 unspecified atom stereocenters. The van der Waals surface area contributed by atoms with E-state index in [4.69, 9.17) is 11.6 Å². The van der Waals surface area contributed by atoms with Gasteiger partial charge in [0.05, 0.1) is 5.56 Å². The number of aryl methyl sites for hydroxylation is 1. The minimum Gasteiger partial charge on any atom is -0.349 e. The van der Waals surface area contributed by atoms with E-state index >= 15 is 0 Å². The fourth-order valence-electron chi connectivity index (χ4n) is 1.67. The summed E-state index contributed by atoms with van der Waals surface area (Å²) in [7, 11) is 0. The van der Waals surface area contributed by atoms with Gasteiger partial charge >= 0.3 is 0 Å². The average molecular weight is 319 g/mol. The lowest BCUT2D eigenvalue weighted by atomic mass is 10.1. The van der Waals surface area contributed by atoms with Crippen LogP contribution < -0.4 is 5.32 Å². The topological polar surface area (TPSA) is 29.1 Å². The summed E-state index contributed by atoms with van der Waals surface area (Å²) in [4.78, 5) is 12.0. The van der Waals surface area contributed by atoms with Gasteiger partial charge in [0.15, 0.2) is 0 Å². The van der Waals surface area contributed by atoms with Crippen LogP contribution in [-0.2, 0) is 0 Å². The van der Waals surface area contributed by atoms with Gasteiger partial charge in [-0.15, -0.1) is 11.6 Å². The Kier molecular flexibility index (Phi) is 5.47. The number of alkyl halides is 1. The summed E-state index contributed by atoms with van der Waals surface area (Å²) in [6, 6.07) is 5.72. The molecule has 0 aromatic heterocycles. The largest absolute Gasteiger partial charge is 0.349 e. The number of rotatable bonds is 4. The van der Waals surface area contributed by atoms with Gasteiger partial charge in [-0.25, -0.2) is 0 Å². The van der Waals surface area contributed by atoms with Crippen molar-refractivity contribution in [2.45, 2.75) is 38.6 Å². The number of hydrogen-bond donors (Lipinski definition) is 1.